The minimum absolute atomic E-state index is 0.191. The molecule has 0 aromatic rings. The molecule has 0 amide bonds. The molecule has 1 rings (SSSR count). The SMILES string of the molecule is CCNC(=NCC(C)CO)NCCN1CCCCC1. The molecule has 1 heterocycles. The van der Waals surface area contributed by atoms with E-state index in [1.165, 1.54) is 32.4 Å². The van der Waals surface area contributed by atoms with Crippen molar-refractivity contribution in [2.45, 2.75) is 33.1 Å². The largest absolute Gasteiger partial charge is 0.396 e. The molecule has 5 heteroatoms. The normalized spacial score (nSPS) is 19.2. The molecule has 1 saturated heterocycles. The van der Waals surface area contributed by atoms with Gasteiger partial charge in [0.1, 0.15) is 0 Å². The third kappa shape index (κ3) is 7.38. The lowest BCUT2D eigenvalue weighted by atomic mass is 10.1. The summed E-state index contributed by atoms with van der Waals surface area (Å²) in [6.45, 7) is 10.3. The van der Waals surface area contributed by atoms with Crippen molar-refractivity contribution in [1.82, 2.24) is 15.5 Å². The third-order valence-electron chi connectivity index (χ3n) is 3.39. The highest BCUT2D eigenvalue weighted by molar-refractivity contribution is 5.79. The molecular weight excluding hydrogens is 240 g/mol. The fourth-order valence-corrected chi connectivity index (χ4v) is 2.16. The van der Waals surface area contributed by atoms with E-state index in [-0.39, 0.29) is 12.5 Å². The number of aliphatic imine (C=N–C) groups is 1. The maximum Gasteiger partial charge on any atom is 0.191 e. The Morgan fingerprint density at radius 2 is 2.00 bits per heavy atom. The second-order valence-electron chi connectivity index (χ2n) is 5.34. The van der Waals surface area contributed by atoms with Crippen LogP contribution in [0.1, 0.15) is 33.1 Å². The Bertz CT molecular complexity index is 252. The number of piperidine rings is 1. The Morgan fingerprint density at radius 3 is 2.63 bits per heavy atom. The molecule has 0 aromatic heterocycles. The maximum atomic E-state index is 9.01. The van der Waals surface area contributed by atoms with E-state index < -0.39 is 0 Å². The summed E-state index contributed by atoms with van der Waals surface area (Å²) in [5, 5.41) is 15.6. The Morgan fingerprint density at radius 1 is 1.26 bits per heavy atom. The van der Waals surface area contributed by atoms with Crippen LogP contribution in [0.5, 0.6) is 0 Å². The summed E-state index contributed by atoms with van der Waals surface area (Å²) in [4.78, 5) is 6.99. The predicted molar refractivity (Wildman–Crippen MR) is 80.5 cm³/mol. The molecule has 0 spiro atoms. The quantitative estimate of drug-likeness (QED) is 0.470. The Kier molecular flexibility index (Phi) is 8.58. The molecule has 0 aromatic carbocycles. The molecule has 1 aliphatic heterocycles. The summed E-state index contributed by atoms with van der Waals surface area (Å²) in [5.41, 5.74) is 0. The number of hydrogen-bond donors (Lipinski definition) is 3. The van der Waals surface area contributed by atoms with Crippen molar-refractivity contribution in [3.63, 3.8) is 0 Å². The number of nitrogens with one attached hydrogen (secondary N) is 2. The molecule has 1 fully saturated rings. The third-order valence-corrected chi connectivity index (χ3v) is 3.39. The first-order chi connectivity index (χ1) is 9.26. The summed E-state index contributed by atoms with van der Waals surface area (Å²) in [6, 6.07) is 0. The number of aliphatic hydroxyl groups excluding tert-OH is 1. The van der Waals surface area contributed by atoms with Gasteiger partial charge in [0, 0.05) is 32.8 Å². The van der Waals surface area contributed by atoms with Gasteiger partial charge in [0.15, 0.2) is 5.96 Å². The lowest BCUT2D eigenvalue weighted by Crippen LogP contribution is -2.42. The first-order valence-electron chi connectivity index (χ1n) is 7.61. The van der Waals surface area contributed by atoms with Crippen LogP contribution < -0.4 is 10.6 Å². The van der Waals surface area contributed by atoms with Crippen molar-refractivity contribution in [1.29, 1.82) is 0 Å². The minimum Gasteiger partial charge on any atom is -0.396 e. The summed E-state index contributed by atoms with van der Waals surface area (Å²) in [5.74, 6) is 1.08. The van der Waals surface area contributed by atoms with Crippen LogP contribution in [-0.4, -0.2) is 61.8 Å². The number of nitrogens with zero attached hydrogens (tertiary/aromatic N) is 2. The molecule has 0 bridgehead atoms. The summed E-state index contributed by atoms with van der Waals surface area (Å²) in [6.07, 6.45) is 4.05. The molecule has 1 aliphatic rings. The predicted octanol–water partition coefficient (Wildman–Crippen LogP) is 0.656. The lowest BCUT2D eigenvalue weighted by molar-refractivity contribution is 0.232. The van der Waals surface area contributed by atoms with Crippen molar-refractivity contribution < 1.29 is 5.11 Å². The first-order valence-corrected chi connectivity index (χ1v) is 7.61. The average Bonchev–Trinajstić information content (AvgIpc) is 2.45. The Balaban J connectivity index is 2.23. The van der Waals surface area contributed by atoms with Gasteiger partial charge < -0.3 is 20.6 Å². The molecule has 0 radical (unpaired) electrons. The van der Waals surface area contributed by atoms with Crippen LogP contribution in [0.2, 0.25) is 0 Å². The molecule has 3 N–H and O–H groups in total. The average molecular weight is 270 g/mol. The second-order valence-corrected chi connectivity index (χ2v) is 5.34. The molecule has 5 nitrogen and oxygen atoms in total. The fraction of sp³-hybridized carbons (Fsp3) is 0.929. The summed E-state index contributed by atoms with van der Waals surface area (Å²) >= 11 is 0. The van der Waals surface area contributed by atoms with Crippen molar-refractivity contribution in [3.8, 4) is 0 Å². The highest BCUT2D eigenvalue weighted by Gasteiger charge is 2.09. The minimum atomic E-state index is 0.191. The van der Waals surface area contributed by atoms with Gasteiger partial charge in [0.25, 0.3) is 0 Å². The Labute approximate surface area is 117 Å². The zero-order valence-electron chi connectivity index (χ0n) is 12.5. The van der Waals surface area contributed by atoms with Crippen molar-refractivity contribution >= 4 is 5.96 Å². The van der Waals surface area contributed by atoms with Crippen LogP contribution in [-0.2, 0) is 0 Å². The van der Waals surface area contributed by atoms with Crippen molar-refractivity contribution in [2.24, 2.45) is 10.9 Å². The lowest BCUT2D eigenvalue weighted by Gasteiger charge is -2.26. The van der Waals surface area contributed by atoms with E-state index in [0.717, 1.165) is 25.6 Å². The molecule has 0 aliphatic carbocycles. The van der Waals surface area contributed by atoms with Crippen LogP contribution in [0.25, 0.3) is 0 Å². The molecule has 1 unspecified atom stereocenters. The van der Waals surface area contributed by atoms with Crippen LogP contribution in [0, 0.1) is 5.92 Å². The number of rotatable bonds is 7. The molecule has 112 valence electrons. The van der Waals surface area contributed by atoms with Gasteiger partial charge in [-0.15, -0.1) is 0 Å². The highest BCUT2D eigenvalue weighted by Crippen LogP contribution is 2.07. The number of guanidine groups is 1. The van der Waals surface area contributed by atoms with Crippen molar-refractivity contribution in [3.05, 3.63) is 0 Å². The van der Waals surface area contributed by atoms with Gasteiger partial charge in [-0.2, -0.15) is 0 Å². The van der Waals surface area contributed by atoms with Crippen LogP contribution in [0.15, 0.2) is 4.99 Å². The maximum absolute atomic E-state index is 9.01. The smallest absolute Gasteiger partial charge is 0.191 e. The number of hydrogen-bond acceptors (Lipinski definition) is 3. The number of likely N-dealkylation sites (tertiary alicyclic amines) is 1. The highest BCUT2D eigenvalue weighted by atomic mass is 16.3. The number of aliphatic hydroxyl groups is 1. The molecule has 0 saturated carbocycles. The summed E-state index contributed by atoms with van der Waals surface area (Å²) in [7, 11) is 0. The van der Waals surface area contributed by atoms with E-state index in [4.69, 9.17) is 5.11 Å². The standard InChI is InChI=1S/C14H30N4O/c1-3-15-14(17-11-13(2)12-19)16-7-10-18-8-5-4-6-9-18/h13,19H,3-12H2,1-2H3,(H2,15,16,17). The zero-order chi connectivity index (χ0) is 13.9. The fourth-order valence-electron chi connectivity index (χ4n) is 2.16. The van der Waals surface area contributed by atoms with Gasteiger partial charge >= 0.3 is 0 Å². The Hall–Kier alpha value is -0.810. The van der Waals surface area contributed by atoms with Gasteiger partial charge in [0.05, 0.1) is 0 Å². The van der Waals surface area contributed by atoms with Gasteiger partial charge in [-0.3, -0.25) is 4.99 Å². The molecule has 1 atom stereocenters. The van der Waals surface area contributed by atoms with E-state index in [0.29, 0.717) is 6.54 Å². The monoisotopic (exact) mass is 270 g/mol. The van der Waals surface area contributed by atoms with Crippen molar-refractivity contribution in [2.75, 3.05) is 45.9 Å². The van der Waals surface area contributed by atoms with Gasteiger partial charge in [-0.1, -0.05) is 13.3 Å². The van der Waals surface area contributed by atoms with E-state index in [9.17, 15) is 0 Å². The topological polar surface area (TPSA) is 59.9 Å². The van der Waals surface area contributed by atoms with E-state index in [1.807, 2.05) is 6.92 Å². The van der Waals surface area contributed by atoms with Gasteiger partial charge in [-0.25, -0.2) is 0 Å². The zero-order valence-corrected chi connectivity index (χ0v) is 12.5. The second kappa shape index (κ2) is 10.0. The first kappa shape index (κ1) is 16.2. The molecule has 19 heavy (non-hydrogen) atoms. The van der Waals surface area contributed by atoms with Gasteiger partial charge in [0.2, 0.25) is 0 Å². The summed E-state index contributed by atoms with van der Waals surface area (Å²) < 4.78 is 0. The van der Waals surface area contributed by atoms with Crippen LogP contribution in [0.4, 0.5) is 0 Å². The van der Waals surface area contributed by atoms with E-state index in [2.05, 4.69) is 27.4 Å². The molecular formula is C14H30N4O. The van der Waals surface area contributed by atoms with E-state index in [1.54, 1.807) is 0 Å². The van der Waals surface area contributed by atoms with Crippen LogP contribution in [0.3, 0.4) is 0 Å². The van der Waals surface area contributed by atoms with E-state index >= 15 is 0 Å². The van der Waals surface area contributed by atoms with Crippen LogP contribution >= 0.6 is 0 Å². The van der Waals surface area contributed by atoms with Gasteiger partial charge in [-0.05, 0) is 38.8 Å².